The third-order valence-corrected chi connectivity index (χ3v) is 3.42. The van der Waals surface area contributed by atoms with Crippen LogP contribution in [0.5, 0.6) is 0 Å². The van der Waals surface area contributed by atoms with Crippen molar-refractivity contribution in [2.24, 2.45) is 5.73 Å². The van der Waals surface area contributed by atoms with Gasteiger partial charge in [-0.15, -0.1) is 0 Å². The Labute approximate surface area is 139 Å². The van der Waals surface area contributed by atoms with Gasteiger partial charge in [0.2, 0.25) is 0 Å². The second-order valence-electron chi connectivity index (χ2n) is 8.26. The zero-order chi connectivity index (χ0) is 17.8. The number of nitrogens with one attached hydrogen (secondary N) is 1. The third kappa shape index (κ3) is 7.79. The summed E-state index contributed by atoms with van der Waals surface area (Å²) in [7, 11) is 0. The zero-order valence-electron chi connectivity index (χ0n) is 15.3. The van der Waals surface area contributed by atoms with Gasteiger partial charge in [0.15, 0.2) is 0 Å². The van der Waals surface area contributed by atoms with E-state index in [1.807, 2.05) is 41.5 Å². The number of carbonyl (C=O) groups excluding carboxylic acids is 2. The number of esters is 2. The summed E-state index contributed by atoms with van der Waals surface area (Å²) in [6, 6.07) is -1.01. The highest BCUT2D eigenvalue weighted by molar-refractivity contribution is 5.77. The monoisotopic (exact) mass is 328 g/mol. The molecule has 6 nitrogen and oxygen atoms in total. The molecule has 1 rings (SSSR count). The van der Waals surface area contributed by atoms with Crippen LogP contribution in [0.4, 0.5) is 0 Å². The van der Waals surface area contributed by atoms with Crippen LogP contribution < -0.4 is 11.1 Å². The summed E-state index contributed by atoms with van der Waals surface area (Å²) in [4.78, 5) is 24.1. The van der Waals surface area contributed by atoms with Crippen LogP contribution >= 0.6 is 0 Å². The molecule has 23 heavy (non-hydrogen) atoms. The van der Waals surface area contributed by atoms with Crippen LogP contribution in [0.15, 0.2) is 0 Å². The van der Waals surface area contributed by atoms with Crippen molar-refractivity contribution in [2.75, 3.05) is 0 Å². The molecule has 0 aromatic carbocycles. The van der Waals surface area contributed by atoms with Gasteiger partial charge in [0, 0.05) is 6.04 Å². The summed E-state index contributed by atoms with van der Waals surface area (Å²) in [6.45, 7) is 11.0. The second kappa shape index (κ2) is 7.62. The van der Waals surface area contributed by atoms with Gasteiger partial charge < -0.3 is 20.5 Å². The standard InChI is InChI=1S/C17H32N2O4/c1-16(2,3)22-14(20)12(18)10-11-8-7-9-13(19-11)15(21)23-17(4,5)6/h11-13,19H,7-10,18H2,1-6H3/t11-,12+,13+/m1/s1. The van der Waals surface area contributed by atoms with Gasteiger partial charge in [0.05, 0.1) is 0 Å². The predicted molar refractivity (Wildman–Crippen MR) is 88.8 cm³/mol. The largest absolute Gasteiger partial charge is 0.459 e. The van der Waals surface area contributed by atoms with Crippen LogP contribution in [0.1, 0.15) is 67.2 Å². The third-order valence-electron chi connectivity index (χ3n) is 3.42. The average Bonchev–Trinajstić information content (AvgIpc) is 2.35. The maximum absolute atomic E-state index is 12.2. The molecular weight excluding hydrogens is 296 g/mol. The fraction of sp³-hybridized carbons (Fsp3) is 0.882. The fourth-order valence-electron chi connectivity index (χ4n) is 2.54. The molecule has 134 valence electrons. The molecule has 0 saturated carbocycles. The number of hydrogen-bond donors (Lipinski definition) is 2. The number of nitrogens with two attached hydrogens (primary N) is 1. The molecule has 1 aliphatic heterocycles. The quantitative estimate of drug-likeness (QED) is 0.766. The number of hydrogen-bond acceptors (Lipinski definition) is 6. The molecule has 0 unspecified atom stereocenters. The molecule has 0 aliphatic carbocycles. The molecule has 1 heterocycles. The maximum Gasteiger partial charge on any atom is 0.323 e. The van der Waals surface area contributed by atoms with Gasteiger partial charge in [-0.05, 0) is 67.2 Å². The summed E-state index contributed by atoms with van der Waals surface area (Å²) in [5.41, 5.74) is 4.90. The number of piperidine rings is 1. The molecule has 3 atom stereocenters. The van der Waals surface area contributed by atoms with Crippen molar-refractivity contribution in [2.45, 2.75) is 96.6 Å². The van der Waals surface area contributed by atoms with Gasteiger partial charge in [-0.2, -0.15) is 0 Å². The minimum Gasteiger partial charge on any atom is -0.459 e. The summed E-state index contributed by atoms with van der Waals surface area (Å²) in [6.07, 6.45) is 2.99. The van der Waals surface area contributed by atoms with E-state index in [4.69, 9.17) is 15.2 Å². The van der Waals surface area contributed by atoms with Crippen LogP contribution in [0.3, 0.4) is 0 Å². The minimum atomic E-state index is -0.691. The van der Waals surface area contributed by atoms with E-state index in [-0.39, 0.29) is 18.1 Å². The Morgan fingerprint density at radius 3 is 2.17 bits per heavy atom. The summed E-state index contributed by atoms with van der Waals surface area (Å²) >= 11 is 0. The van der Waals surface area contributed by atoms with E-state index in [9.17, 15) is 9.59 Å². The molecular formula is C17H32N2O4. The van der Waals surface area contributed by atoms with Crippen molar-refractivity contribution < 1.29 is 19.1 Å². The molecule has 6 heteroatoms. The molecule has 0 amide bonds. The number of rotatable bonds is 4. The summed E-state index contributed by atoms with van der Waals surface area (Å²) < 4.78 is 10.7. The average molecular weight is 328 g/mol. The number of ether oxygens (including phenoxy) is 2. The van der Waals surface area contributed by atoms with Crippen LogP contribution in [-0.2, 0) is 19.1 Å². The van der Waals surface area contributed by atoms with E-state index in [2.05, 4.69) is 5.32 Å². The Kier molecular flexibility index (Phi) is 6.59. The van der Waals surface area contributed by atoms with Crippen molar-refractivity contribution in [3.63, 3.8) is 0 Å². The van der Waals surface area contributed by atoms with E-state index in [0.717, 1.165) is 19.3 Å². The lowest BCUT2D eigenvalue weighted by molar-refractivity contribution is -0.158. The highest BCUT2D eigenvalue weighted by Gasteiger charge is 2.32. The first kappa shape index (κ1) is 19.9. The van der Waals surface area contributed by atoms with Crippen molar-refractivity contribution in [3.05, 3.63) is 0 Å². The van der Waals surface area contributed by atoms with Crippen molar-refractivity contribution >= 4 is 11.9 Å². The molecule has 1 fully saturated rings. The van der Waals surface area contributed by atoms with Gasteiger partial charge in [0.1, 0.15) is 23.3 Å². The topological polar surface area (TPSA) is 90.7 Å². The lowest BCUT2D eigenvalue weighted by atomic mass is 9.94. The lowest BCUT2D eigenvalue weighted by Crippen LogP contribution is -2.51. The van der Waals surface area contributed by atoms with Crippen LogP contribution in [0.2, 0.25) is 0 Å². The second-order valence-corrected chi connectivity index (χ2v) is 8.26. The van der Waals surface area contributed by atoms with Gasteiger partial charge >= 0.3 is 11.9 Å². The van der Waals surface area contributed by atoms with Gasteiger partial charge in [0.25, 0.3) is 0 Å². The minimum absolute atomic E-state index is 0.0174. The van der Waals surface area contributed by atoms with Crippen LogP contribution in [-0.4, -0.2) is 41.3 Å². The normalized spacial score (nSPS) is 24.0. The fourth-order valence-corrected chi connectivity index (χ4v) is 2.54. The van der Waals surface area contributed by atoms with E-state index in [1.54, 1.807) is 0 Å². The predicted octanol–water partition coefficient (Wildman–Crippen LogP) is 1.90. The molecule has 1 aliphatic rings. The van der Waals surface area contributed by atoms with Crippen LogP contribution in [0.25, 0.3) is 0 Å². The van der Waals surface area contributed by atoms with Gasteiger partial charge in [-0.3, -0.25) is 9.59 Å². The maximum atomic E-state index is 12.2. The first-order valence-corrected chi connectivity index (χ1v) is 8.35. The molecule has 0 aromatic heterocycles. The van der Waals surface area contributed by atoms with Gasteiger partial charge in [-0.25, -0.2) is 0 Å². The highest BCUT2D eigenvalue weighted by atomic mass is 16.6. The Balaban J connectivity index is 2.52. The zero-order valence-corrected chi connectivity index (χ0v) is 15.3. The highest BCUT2D eigenvalue weighted by Crippen LogP contribution is 2.20. The molecule has 0 radical (unpaired) electrons. The van der Waals surface area contributed by atoms with E-state index in [0.29, 0.717) is 6.42 Å². The molecule has 1 saturated heterocycles. The van der Waals surface area contributed by atoms with Crippen molar-refractivity contribution in [1.29, 1.82) is 0 Å². The SMILES string of the molecule is CC(C)(C)OC(=O)[C@@H]1CCC[C@H](C[C@H](N)C(=O)OC(C)(C)C)N1. The van der Waals surface area contributed by atoms with Gasteiger partial charge in [-0.1, -0.05) is 0 Å². The summed E-state index contributed by atoms with van der Waals surface area (Å²) in [5, 5.41) is 3.26. The van der Waals surface area contributed by atoms with Crippen LogP contribution in [0, 0.1) is 0 Å². The Morgan fingerprint density at radius 2 is 1.65 bits per heavy atom. The Bertz CT molecular complexity index is 421. The Morgan fingerprint density at radius 1 is 1.09 bits per heavy atom. The Hall–Kier alpha value is -1.14. The molecule has 0 bridgehead atoms. The molecule has 0 spiro atoms. The number of carbonyl (C=O) groups is 2. The molecule has 0 aromatic rings. The van der Waals surface area contributed by atoms with E-state index in [1.165, 1.54) is 0 Å². The smallest absolute Gasteiger partial charge is 0.323 e. The van der Waals surface area contributed by atoms with Crippen molar-refractivity contribution in [1.82, 2.24) is 5.32 Å². The van der Waals surface area contributed by atoms with E-state index >= 15 is 0 Å². The molecule has 3 N–H and O–H groups in total. The lowest BCUT2D eigenvalue weighted by Gasteiger charge is -2.33. The first-order valence-electron chi connectivity index (χ1n) is 8.35. The van der Waals surface area contributed by atoms with Crippen molar-refractivity contribution in [3.8, 4) is 0 Å². The summed E-state index contributed by atoms with van der Waals surface area (Å²) in [5.74, 6) is -0.647. The van der Waals surface area contributed by atoms with E-state index < -0.39 is 23.2 Å². The first-order chi connectivity index (χ1) is 10.4.